The molecule has 1 saturated heterocycles. The van der Waals surface area contributed by atoms with Gasteiger partial charge in [-0.3, -0.25) is 0 Å². The zero-order chi connectivity index (χ0) is 6.69. The molecule has 0 spiro atoms. The van der Waals surface area contributed by atoms with Gasteiger partial charge in [0.2, 0.25) is 0 Å². The molecule has 0 aliphatic carbocycles. The van der Waals surface area contributed by atoms with Gasteiger partial charge in [0.25, 0.3) is 8.09 Å². The smallest absolute Gasteiger partial charge is 0.261 e. The second-order valence-corrected chi connectivity index (χ2v) is 3.09. The first-order valence-electron chi connectivity index (χ1n) is 2.95. The summed E-state index contributed by atoms with van der Waals surface area (Å²) >= 11 is 0. The van der Waals surface area contributed by atoms with Gasteiger partial charge in [-0.2, -0.15) is 0 Å². The second kappa shape index (κ2) is 3.22. The average Bonchev–Trinajstić information content (AvgIpc) is 1.90. The quantitative estimate of drug-likeness (QED) is 0.483. The van der Waals surface area contributed by atoms with E-state index in [0.29, 0.717) is 0 Å². The van der Waals surface area contributed by atoms with Crippen molar-refractivity contribution in [1.82, 2.24) is 9.99 Å². The van der Waals surface area contributed by atoms with E-state index < -0.39 is 8.09 Å². The Morgan fingerprint density at radius 3 is 2.33 bits per heavy atom. The minimum Gasteiger partial charge on any atom is -0.595 e. The first-order valence-corrected chi connectivity index (χ1v) is 4.16. The van der Waals surface area contributed by atoms with Crippen LogP contribution in [-0.4, -0.2) is 30.8 Å². The molecule has 0 aromatic carbocycles. The van der Waals surface area contributed by atoms with E-state index in [9.17, 15) is 4.89 Å². The topological polar surface area (TPSA) is 62.2 Å². The number of nitrogens with one attached hydrogen (secondary N) is 2. The normalized spacial score (nSPS) is 23.9. The summed E-state index contributed by atoms with van der Waals surface area (Å²) in [6.45, 7) is 3.22. The summed E-state index contributed by atoms with van der Waals surface area (Å²) in [5.74, 6) is 0. The molecule has 0 aromatic heterocycles. The van der Waals surface area contributed by atoms with Crippen LogP contribution >= 0.6 is 8.09 Å². The predicted octanol–water partition coefficient (Wildman–Crippen LogP) is -0.674. The van der Waals surface area contributed by atoms with Crippen LogP contribution in [0, 0.1) is 5.16 Å². The Morgan fingerprint density at radius 1 is 1.44 bits per heavy atom. The fourth-order valence-corrected chi connectivity index (χ4v) is 1.40. The van der Waals surface area contributed by atoms with Crippen molar-refractivity contribution in [2.75, 3.05) is 26.2 Å². The zero-order valence-electron chi connectivity index (χ0n) is 5.13. The molecular weight excluding hydrogens is 137 g/mol. The number of nitrogens with zero attached hydrogens (tertiary/aromatic N) is 1. The van der Waals surface area contributed by atoms with Crippen LogP contribution < -0.4 is 10.2 Å². The molecule has 1 heterocycles. The van der Waals surface area contributed by atoms with E-state index in [1.54, 1.807) is 4.67 Å². The molecule has 4 nitrogen and oxygen atoms in total. The summed E-state index contributed by atoms with van der Waals surface area (Å²) in [5.41, 5.74) is 0. The van der Waals surface area contributed by atoms with Crippen molar-refractivity contribution in [2.45, 2.75) is 0 Å². The standard InChI is InChI=1S/C4H10N3OP/c5-9(8)7-3-1-6-2-4-7/h5-6H,1-4H2. The zero-order valence-corrected chi connectivity index (χ0v) is 6.03. The van der Waals surface area contributed by atoms with Crippen molar-refractivity contribution in [3.63, 3.8) is 0 Å². The van der Waals surface area contributed by atoms with E-state index in [1.807, 2.05) is 0 Å². The van der Waals surface area contributed by atoms with Crippen molar-refractivity contribution in [2.24, 2.45) is 0 Å². The van der Waals surface area contributed by atoms with E-state index in [-0.39, 0.29) is 0 Å². The Hall–Kier alpha value is -0.0200. The lowest BCUT2D eigenvalue weighted by Crippen LogP contribution is -2.40. The predicted molar refractivity (Wildman–Crippen MR) is 34.1 cm³/mol. The lowest BCUT2D eigenvalue weighted by atomic mass is 10.4. The second-order valence-electron chi connectivity index (χ2n) is 1.98. The molecule has 0 radical (unpaired) electrons. The first kappa shape index (κ1) is 7.09. The van der Waals surface area contributed by atoms with Gasteiger partial charge in [0.15, 0.2) is 0 Å². The summed E-state index contributed by atoms with van der Waals surface area (Å²) in [5, 5.41) is 10.00. The fourth-order valence-electron chi connectivity index (χ4n) is 0.835. The summed E-state index contributed by atoms with van der Waals surface area (Å²) in [4.78, 5) is 10.5. The monoisotopic (exact) mass is 147 g/mol. The van der Waals surface area contributed by atoms with Gasteiger partial charge in [0.1, 0.15) is 0 Å². The van der Waals surface area contributed by atoms with Crippen molar-refractivity contribution in [3.8, 4) is 0 Å². The highest BCUT2D eigenvalue weighted by Gasteiger charge is 2.15. The van der Waals surface area contributed by atoms with Crippen LogP contribution in [0.1, 0.15) is 0 Å². The molecule has 9 heavy (non-hydrogen) atoms. The third kappa shape index (κ3) is 1.99. The Balaban J connectivity index is 2.31. The Bertz CT molecular complexity index is 112. The molecule has 1 aliphatic rings. The Morgan fingerprint density at radius 2 is 2.00 bits per heavy atom. The van der Waals surface area contributed by atoms with E-state index in [4.69, 9.17) is 5.16 Å². The van der Waals surface area contributed by atoms with E-state index in [0.717, 1.165) is 26.2 Å². The first-order chi connectivity index (χ1) is 4.30. The van der Waals surface area contributed by atoms with Crippen molar-refractivity contribution >= 4 is 8.09 Å². The van der Waals surface area contributed by atoms with Crippen LogP contribution in [-0.2, 0) is 0 Å². The number of hydrogen-bond acceptors (Lipinski definition) is 3. The molecule has 1 unspecified atom stereocenters. The maximum Gasteiger partial charge on any atom is 0.261 e. The van der Waals surface area contributed by atoms with Gasteiger partial charge >= 0.3 is 0 Å². The van der Waals surface area contributed by atoms with Gasteiger partial charge in [-0.05, 0) is 0 Å². The molecule has 0 amide bonds. The molecule has 0 bridgehead atoms. The minimum atomic E-state index is -1.83. The lowest BCUT2D eigenvalue weighted by molar-refractivity contribution is -0.167. The highest BCUT2D eigenvalue weighted by molar-refractivity contribution is 7.34. The Labute approximate surface area is 55.3 Å². The van der Waals surface area contributed by atoms with E-state index in [2.05, 4.69) is 5.32 Å². The molecule has 1 atom stereocenters. The van der Waals surface area contributed by atoms with Gasteiger partial charge in [-0.25, -0.2) is 0 Å². The summed E-state index contributed by atoms with van der Waals surface area (Å²) in [6, 6.07) is 0. The molecule has 0 aromatic rings. The van der Waals surface area contributed by atoms with Gasteiger partial charge in [-0.15, -0.1) is 9.83 Å². The van der Waals surface area contributed by atoms with Crippen LogP contribution in [0.3, 0.4) is 0 Å². The van der Waals surface area contributed by atoms with Crippen LogP contribution in [0.5, 0.6) is 0 Å². The number of piperazine rings is 1. The van der Waals surface area contributed by atoms with Gasteiger partial charge in [0, 0.05) is 13.1 Å². The molecule has 0 saturated carbocycles. The van der Waals surface area contributed by atoms with Crippen molar-refractivity contribution < 1.29 is 4.89 Å². The van der Waals surface area contributed by atoms with Gasteiger partial charge < -0.3 is 10.2 Å². The SMILES string of the molecule is N=[P+]([O-])N1CCNCC1. The highest BCUT2D eigenvalue weighted by atomic mass is 31.1. The third-order valence-electron chi connectivity index (χ3n) is 1.35. The number of rotatable bonds is 1. The van der Waals surface area contributed by atoms with Crippen LogP contribution in [0.25, 0.3) is 0 Å². The van der Waals surface area contributed by atoms with Crippen LogP contribution in [0.15, 0.2) is 0 Å². The summed E-state index contributed by atoms with van der Waals surface area (Å²) in [7, 11) is -1.83. The molecule has 1 fully saturated rings. The van der Waals surface area contributed by atoms with Gasteiger partial charge in [-0.1, -0.05) is 0 Å². The maximum atomic E-state index is 10.5. The van der Waals surface area contributed by atoms with Gasteiger partial charge in [0.05, 0.1) is 13.1 Å². The van der Waals surface area contributed by atoms with Crippen LogP contribution in [0.2, 0.25) is 0 Å². The molecular formula is C4H10N3OP. The molecule has 1 rings (SSSR count). The van der Waals surface area contributed by atoms with E-state index in [1.165, 1.54) is 0 Å². The lowest BCUT2D eigenvalue weighted by Gasteiger charge is -2.19. The molecule has 2 N–H and O–H groups in total. The third-order valence-corrected chi connectivity index (χ3v) is 2.26. The van der Waals surface area contributed by atoms with Crippen molar-refractivity contribution in [3.05, 3.63) is 0 Å². The molecule has 5 heteroatoms. The fraction of sp³-hybridized carbons (Fsp3) is 1.00. The Kier molecular flexibility index (Phi) is 2.54. The molecule has 52 valence electrons. The highest BCUT2D eigenvalue weighted by Crippen LogP contribution is 2.16. The minimum absolute atomic E-state index is 0.749. The molecule has 1 aliphatic heterocycles. The largest absolute Gasteiger partial charge is 0.595 e. The van der Waals surface area contributed by atoms with Crippen LogP contribution in [0.4, 0.5) is 0 Å². The summed E-state index contributed by atoms with van der Waals surface area (Å²) < 4.78 is 1.67. The number of hydrogen-bond donors (Lipinski definition) is 2. The maximum absolute atomic E-state index is 10.5. The average molecular weight is 147 g/mol. The van der Waals surface area contributed by atoms with E-state index >= 15 is 0 Å². The summed E-state index contributed by atoms with van der Waals surface area (Å²) in [6.07, 6.45) is 0. The van der Waals surface area contributed by atoms with Crippen molar-refractivity contribution in [1.29, 1.82) is 5.16 Å².